The zero-order valence-corrected chi connectivity index (χ0v) is 15.9. The standard InChI is InChI=1S/C23H31NO/c1-4-24(22-12-8-9-18(2)17-22)19(3)25-23-15-13-21(14-16-23)20-10-6-5-7-11-20/h8-9,12-17,19-20H,4-7,10-11H2,1-3H3. The van der Waals surface area contributed by atoms with Gasteiger partial charge in [-0.15, -0.1) is 0 Å². The number of hydrogen-bond donors (Lipinski definition) is 0. The van der Waals surface area contributed by atoms with Gasteiger partial charge in [0.2, 0.25) is 0 Å². The summed E-state index contributed by atoms with van der Waals surface area (Å²) in [7, 11) is 0. The number of hydrogen-bond acceptors (Lipinski definition) is 2. The molecule has 2 nitrogen and oxygen atoms in total. The molecule has 1 fully saturated rings. The minimum absolute atomic E-state index is 0.00679. The van der Waals surface area contributed by atoms with Gasteiger partial charge in [0.15, 0.2) is 6.23 Å². The summed E-state index contributed by atoms with van der Waals surface area (Å²) in [5, 5.41) is 0. The lowest BCUT2D eigenvalue weighted by molar-refractivity contribution is 0.216. The molecule has 1 saturated carbocycles. The van der Waals surface area contributed by atoms with Crippen LogP contribution < -0.4 is 9.64 Å². The van der Waals surface area contributed by atoms with E-state index in [1.54, 1.807) is 0 Å². The summed E-state index contributed by atoms with van der Waals surface area (Å²) in [6.07, 6.45) is 6.85. The van der Waals surface area contributed by atoms with Gasteiger partial charge >= 0.3 is 0 Å². The van der Waals surface area contributed by atoms with Crippen molar-refractivity contribution in [1.82, 2.24) is 0 Å². The van der Waals surface area contributed by atoms with Crippen molar-refractivity contribution in [2.24, 2.45) is 0 Å². The Labute approximate surface area is 152 Å². The van der Waals surface area contributed by atoms with Gasteiger partial charge < -0.3 is 9.64 Å². The quantitative estimate of drug-likeness (QED) is 0.574. The van der Waals surface area contributed by atoms with Gasteiger partial charge in [0.1, 0.15) is 5.75 Å². The first kappa shape index (κ1) is 17.8. The van der Waals surface area contributed by atoms with Gasteiger partial charge in [0, 0.05) is 12.2 Å². The fraction of sp³-hybridized carbons (Fsp3) is 0.478. The van der Waals surface area contributed by atoms with E-state index in [1.165, 1.54) is 48.9 Å². The molecular weight excluding hydrogens is 306 g/mol. The summed E-state index contributed by atoms with van der Waals surface area (Å²) in [6, 6.07) is 17.4. The van der Waals surface area contributed by atoms with Crippen LogP contribution in [0.25, 0.3) is 0 Å². The number of rotatable bonds is 6. The van der Waals surface area contributed by atoms with Crippen LogP contribution in [-0.2, 0) is 0 Å². The van der Waals surface area contributed by atoms with Crippen LogP contribution in [-0.4, -0.2) is 12.8 Å². The van der Waals surface area contributed by atoms with E-state index in [1.807, 2.05) is 0 Å². The molecule has 0 heterocycles. The average molecular weight is 338 g/mol. The predicted molar refractivity (Wildman–Crippen MR) is 107 cm³/mol. The molecule has 0 aliphatic heterocycles. The van der Waals surface area contributed by atoms with Gasteiger partial charge in [0.05, 0.1) is 0 Å². The Kier molecular flexibility index (Phi) is 6.01. The molecule has 2 aromatic rings. The summed E-state index contributed by atoms with van der Waals surface area (Å²) < 4.78 is 6.23. The Morgan fingerprint density at radius 1 is 1.04 bits per heavy atom. The summed E-state index contributed by atoms with van der Waals surface area (Å²) in [4.78, 5) is 2.29. The highest BCUT2D eigenvalue weighted by Crippen LogP contribution is 2.33. The molecule has 0 aromatic heterocycles. The maximum Gasteiger partial charge on any atom is 0.169 e. The lowest BCUT2D eigenvalue weighted by Gasteiger charge is -2.30. The minimum atomic E-state index is 0.00679. The zero-order valence-electron chi connectivity index (χ0n) is 15.9. The molecule has 0 spiro atoms. The molecule has 0 N–H and O–H groups in total. The first-order valence-corrected chi connectivity index (χ1v) is 9.77. The van der Waals surface area contributed by atoms with Gasteiger partial charge in [-0.25, -0.2) is 0 Å². The molecule has 1 aliphatic carbocycles. The van der Waals surface area contributed by atoms with E-state index < -0.39 is 0 Å². The third kappa shape index (κ3) is 4.56. The number of aryl methyl sites for hydroxylation is 1. The highest BCUT2D eigenvalue weighted by molar-refractivity contribution is 5.49. The molecular formula is C23H31NO. The molecule has 3 rings (SSSR count). The molecule has 2 aromatic carbocycles. The monoisotopic (exact) mass is 337 g/mol. The maximum atomic E-state index is 6.23. The minimum Gasteiger partial charge on any atom is -0.471 e. The molecule has 1 aliphatic rings. The topological polar surface area (TPSA) is 12.5 Å². The largest absolute Gasteiger partial charge is 0.471 e. The molecule has 134 valence electrons. The van der Waals surface area contributed by atoms with Crippen molar-refractivity contribution in [2.45, 2.75) is 65.0 Å². The molecule has 1 unspecified atom stereocenters. The van der Waals surface area contributed by atoms with Gasteiger partial charge in [0.25, 0.3) is 0 Å². The second kappa shape index (κ2) is 8.42. The van der Waals surface area contributed by atoms with Crippen LogP contribution in [0.1, 0.15) is 63.0 Å². The van der Waals surface area contributed by atoms with Crippen LogP contribution in [0.4, 0.5) is 5.69 Å². The Hall–Kier alpha value is -1.96. The van der Waals surface area contributed by atoms with E-state index in [-0.39, 0.29) is 6.23 Å². The lowest BCUT2D eigenvalue weighted by atomic mass is 9.84. The molecule has 2 heteroatoms. The zero-order chi connectivity index (χ0) is 17.6. The van der Waals surface area contributed by atoms with Gasteiger partial charge in [-0.3, -0.25) is 0 Å². The van der Waals surface area contributed by atoms with Crippen molar-refractivity contribution < 1.29 is 4.74 Å². The average Bonchev–Trinajstić information content (AvgIpc) is 2.64. The van der Waals surface area contributed by atoms with Gasteiger partial charge in [-0.2, -0.15) is 0 Å². The van der Waals surface area contributed by atoms with E-state index in [9.17, 15) is 0 Å². The van der Waals surface area contributed by atoms with E-state index in [2.05, 4.69) is 74.2 Å². The highest BCUT2D eigenvalue weighted by Gasteiger charge is 2.17. The van der Waals surface area contributed by atoms with Gasteiger partial charge in [-0.05, 0) is 74.9 Å². The molecule has 25 heavy (non-hydrogen) atoms. The van der Waals surface area contributed by atoms with Crippen LogP contribution in [0, 0.1) is 6.92 Å². The number of ether oxygens (including phenoxy) is 1. The van der Waals surface area contributed by atoms with Crippen molar-refractivity contribution in [3.05, 3.63) is 59.7 Å². The molecule has 0 bridgehead atoms. The van der Waals surface area contributed by atoms with Crippen molar-refractivity contribution in [3.8, 4) is 5.75 Å². The van der Waals surface area contributed by atoms with E-state index >= 15 is 0 Å². The third-order valence-corrected chi connectivity index (χ3v) is 5.38. The first-order valence-electron chi connectivity index (χ1n) is 9.77. The molecule has 1 atom stereocenters. The SMILES string of the molecule is CCN(c1cccc(C)c1)C(C)Oc1ccc(C2CCCCC2)cc1. The van der Waals surface area contributed by atoms with E-state index in [0.717, 1.165) is 18.2 Å². The predicted octanol–water partition coefficient (Wildman–Crippen LogP) is 6.29. The van der Waals surface area contributed by atoms with Crippen molar-refractivity contribution in [1.29, 1.82) is 0 Å². The lowest BCUT2D eigenvalue weighted by Crippen LogP contribution is -2.37. The summed E-state index contributed by atoms with van der Waals surface area (Å²) in [5.74, 6) is 1.71. The number of benzene rings is 2. The molecule has 0 amide bonds. The second-order valence-electron chi connectivity index (χ2n) is 7.25. The Balaban J connectivity index is 1.66. The van der Waals surface area contributed by atoms with Crippen molar-refractivity contribution in [3.63, 3.8) is 0 Å². The molecule has 0 saturated heterocycles. The van der Waals surface area contributed by atoms with Crippen LogP contribution >= 0.6 is 0 Å². The van der Waals surface area contributed by atoms with Crippen molar-refractivity contribution in [2.75, 3.05) is 11.4 Å². The Morgan fingerprint density at radius 2 is 1.76 bits per heavy atom. The fourth-order valence-electron chi connectivity index (χ4n) is 3.97. The van der Waals surface area contributed by atoms with E-state index in [0.29, 0.717) is 0 Å². The Bertz CT molecular complexity index is 658. The highest BCUT2D eigenvalue weighted by atomic mass is 16.5. The second-order valence-corrected chi connectivity index (χ2v) is 7.25. The van der Waals surface area contributed by atoms with Gasteiger partial charge in [-0.1, -0.05) is 43.5 Å². The number of anilines is 1. The summed E-state index contributed by atoms with van der Waals surface area (Å²) >= 11 is 0. The van der Waals surface area contributed by atoms with Crippen LogP contribution in [0.2, 0.25) is 0 Å². The molecule has 0 radical (unpaired) electrons. The number of nitrogens with zero attached hydrogens (tertiary/aromatic N) is 1. The van der Waals surface area contributed by atoms with Crippen LogP contribution in [0.5, 0.6) is 5.75 Å². The smallest absolute Gasteiger partial charge is 0.169 e. The van der Waals surface area contributed by atoms with Crippen LogP contribution in [0.15, 0.2) is 48.5 Å². The van der Waals surface area contributed by atoms with Crippen LogP contribution in [0.3, 0.4) is 0 Å². The van der Waals surface area contributed by atoms with Crippen molar-refractivity contribution >= 4 is 5.69 Å². The summed E-state index contributed by atoms with van der Waals surface area (Å²) in [6.45, 7) is 7.35. The maximum absolute atomic E-state index is 6.23. The normalized spacial score (nSPS) is 16.4. The Morgan fingerprint density at radius 3 is 2.40 bits per heavy atom. The summed E-state index contributed by atoms with van der Waals surface area (Å²) in [5.41, 5.74) is 3.97. The third-order valence-electron chi connectivity index (χ3n) is 5.38. The fourth-order valence-corrected chi connectivity index (χ4v) is 3.97. The first-order chi connectivity index (χ1) is 12.2. The van der Waals surface area contributed by atoms with E-state index in [4.69, 9.17) is 4.74 Å².